The third-order valence-corrected chi connectivity index (χ3v) is 6.27. The highest BCUT2D eigenvalue weighted by molar-refractivity contribution is 6.61. The molecule has 0 aliphatic heterocycles. The van der Waals surface area contributed by atoms with Gasteiger partial charge in [-0.3, -0.25) is 0 Å². The molecule has 0 saturated carbocycles. The van der Waals surface area contributed by atoms with Gasteiger partial charge < -0.3 is 0 Å². The molecule has 1 aromatic rings. The van der Waals surface area contributed by atoms with Crippen LogP contribution < -0.4 is 5.19 Å². The lowest BCUT2D eigenvalue weighted by molar-refractivity contribution is 0.708. The van der Waals surface area contributed by atoms with Crippen molar-refractivity contribution in [2.75, 3.05) is 0 Å². The Morgan fingerprint density at radius 2 is 1.70 bits per heavy atom. The first-order valence-electron chi connectivity index (χ1n) is 8.03. The summed E-state index contributed by atoms with van der Waals surface area (Å²) in [5.74, 6) is 0. The molecule has 0 saturated heterocycles. The molecule has 0 heterocycles. The smallest absolute Gasteiger partial charge is 0.0758 e. The fourth-order valence-corrected chi connectivity index (χ4v) is 5.42. The summed E-state index contributed by atoms with van der Waals surface area (Å²) in [6.45, 7) is 9.03. The van der Waals surface area contributed by atoms with Gasteiger partial charge in [-0.1, -0.05) is 76.7 Å². The minimum atomic E-state index is -0.258. The summed E-state index contributed by atoms with van der Waals surface area (Å²) in [6.07, 6.45) is 9.13. The molecule has 0 unspecified atom stereocenters. The van der Waals surface area contributed by atoms with Crippen LogP contribution in [0.2, 0.25) is 0 Å². The zero-order valence-corrected chi connectivity index (χ0v) is 15.0. The second-order valence-corrected chi connectivity index (χ2v) is 8.42. The third kappa shape index (κ3) is 4.21. The molecule has 1 aliphatic rings. The average Bonchev–Trinajstić information content (AvgIpc) is 2.69. The van der Waals surface area contributed by atoms with Gasteiger partial charge in [-0.2, -0.15) is 0 Å². The molecular weight excluding hydrogens is 256 g/mol. The Balaban J connectivity index is 1.96. The number of rotatable bonds is 6. The summed E-state index contributed by atoms with van der Waals surface area (Å²) in [7, 11) is -0.258. The van der Waals surface area contributed by atoms with Crippen LogP contribution in [0.5, 0.6) is 0 Å². The van der Waals surface area contributed by atoms with Gasteiger partial charge in [0.15, 0.2) is 0 Å². The Morgan fingerprint density at radius 3 is 2.35 bits per heavy atom. The molecule has 0 N–H and O–H groups in total. The molecule has 2 rings (SSSR count). The van der Waals surface area contributed by atoms with E-state index in [1.54, 1.807) is 21.5 Å². The zero-order chi connectivity index (χ0) is 14.5. The Kier molecular flexibility index (Phi) is 5.42. The Labute approximate surface area is 126 Å². The molecule has 20 heavy (non-hydrogen) atoms. The lowest BCUT2D eigenvalue weighted by Gasteiger charge is -2.08. The normalized spacial score (nSPS) is 15.5. The maximum absolute atomic E-state index is 2.47. The Bertz CT molecular complexity index is 514. The monoisotopic (exact) mass is 284 g/mol. The van der Waals surface area contributed by atoms with Crippen LogP contribution in [0.3, 0.4) is 0 Å². The van der Waals surface area contributed by atoms with Gasteiger partial charge in [-0.05, 0) is 40.0 Å². The van der Waals surface area contributed by atoms with Crippen molar-refractivity contribution >= 4 is 14.7 Å². The van der Waals surface area contributed by atoms with Crippen molar-refractivity contribution in [1.82, 2.24) is 0 Å². The van der Waals surface area contributed by atoms with E-state index < -0.39 is 0 Å². The first-order chi connectivity index (χ1) is 9.58. The van der Waals surface area contributed by atoms with E-state index in [2.05, 4.69) is 52.0 Å². The van der Waals surface area contributed by atoms with Crippen molar-refractivity contribution in [3.63, 3.8) is 0 Å². The number of unbranched alkanes of at least 4 members (excludes halogenated alkanes) is 2. The molecule has 108 valence electrons. The molecule has 0 atom stereocenters. The van der Waals surface area contributed by atoms with Crippen molar-refractivity contribution in [2.45, 2.75) is 59.8 Å². The molecule has 0 amide bonds. The Hall–Kier alpha value is -1.08. The van der Waals surface area contributed by atoms with Crippen LogP contribution >= 0.6 is 0 Å². The second kappa shape index (κ2) is 7.08. The number of benzene rings is 1. The standard InChI is InChI=1S/C19H28Si/c1-5-6-7-8-17-12-16(4)19(13-17)20-18-10-14(2)9-15(3)11-18/h9-12H,5-8,13,20H2,1-4H3. The van der Waals surface area contributed by atoms with Gasteiger partial charge in [0.05, 0.1) is 9.52 Å². The van der Waals surface area contributed by atoms with Gasteiger partial charge in [0, 0.05) is 0 Å². The summed E-state index contributed by atoms with van der Waals surface area (Å²) in [5.41, 5.74) is 6.09. The van der Waals surface area contributed by atoms with Gasteiger partial charge in [0.1, 0.15) is 0 Å². The number of hydrogen-bond acceptors (Lipinski definition) is 0. The maximum Gasteiger partial charge on any atom is 0.0832 e. The molecular formula is C19H28Si. The molecule has 0 fully saturated rings. The van der Waals surface area contributed by atoms with Crippen molar-refractivity contribution in [2.24, 2.45) is 0 Å². The molecule has 0 radical (unpaired) electrons. The summed E-state index contributed by atoms with van der Waals surface area (Å²) in [6, 6.07) is 7.07. The van der Waals surface area contributed by atoms with Gasteiger partial charge in [0.2, 0.25) is 0 Å². The van der Waals surface area contributed by atoms with Crippen LogP contribution in [0.1, 0.15) is 57.1 Å². The maximum atomic E-state index is 2.47. The lowest BCUT2D eigenvalue weighted by Crippen LogP contribution is -2.17. The predicted octanol–water partition coefficient (Wildman–Crippen LogP) is 4.28. The topological polar surface area (TPSA) is 0 Å². The van der Waals surface area contributed by atoms with E-state index in [4.69, 9.17) is 0 Å². The zero-order valence-electron chi connectivity index (χ0n) is 13.6. The van der Waals surface area contributed by atoms with Crippen LogP contribution in [0.15, 0.2) is 40.6 Å². The fourth-order valence-electron chi connectivity index (χ4n) is 3.25. The van der Waals surface area contributed by atoms with Crippen LogP contribution in [0, 0.1) is 13.8 Å². The van der Waals surface area contributed by atoms with Crippen molar-refractivity contribution in [3.8, 4) is 0 Å². The van der Waals surface area contributed by atoms with Crippen molar-refractivity contribution < 1.29 is 0 Å². The molecule has 1 aliphatic carbocycles. The number of allylic oxidation sites excluding steroid dienone is 4. The van der Waals surface area contributed by atoms with Gasteiger partial charge in [-0.15, -0.1) is 0 Å². The summed E-state index contributed by atoms with van der Waals surface area (Å²) < 4.78 is 0. The fraction of sp³-hybridized carbons (Fsp3) is 0.474. The Morgan fingerprint density at radius 1 is 1.00 bits per heavy atom. The summed E-state index contributed by atoms with van der Waals surface area (Å²) in [5, 5.41) is 3.38. The van der Waals surface area contributed by atoms with E-state index in [1.807, 2.05) is 0 Å². The molecule has 1 aromatic carbocycles. The summed E-state index contributed by atoms with van der Waals surface area (Å²) in [4.78, 5) is 0. The summed E-state index contributed by atoms with van der Waals surface area (Å²) >= 11 is 0. The van der Waals surface area contributed by atoms with Crippen LogP contribution in [0.4, 0.5) is 0 Å². The van der Waals surface area contributed by atoms with E-state index in [-0.39, 0.29) is 9.52 Å². The SMILES string of the molecule is CCCCCC1=CC(C)=C([SiH2]c2cc(C)cc(C)c2)C1. The molecule has 0 aromatic heterocycles. The molecule has 0 bridgehead atoms. The quantitative estimate of drug-likeness (QED) is 0.540. The van der Waals surface area contributed by atoms with E-state index in [0.29, 0.717) is 0 Å². The first kappa shape index (κ1) is 15.3. The largest absolute Gasteiger partial charge is 0.0832 e. The third-order valence-electron chi connectivity index (χ3n) is 4.22. The molecule has 0 spiro atoms. The first-order valence-corrected chi connectivity index (χ1v) is 9.45. The van der Waals surface area contributed by atoms with Crippen LogP contribution in [0.25, 0.3) is 0 Å². The minimum Gasteiger partial charge on any atom is -0.0758 e. The van der Waals surface area contributed by atoms with Gasteiger partial charge in [-0.25, -0.2) is 0 Å². The van der Waals surface area contributed by atoms with Gasteiger partial charge >= 0.3 is 0 Å². The minimum absolute atomic E-state index is 0.258. The van der Waals surface area contributed by atoms with Crippen molar-refractivity contribution in [1.29, 1.82) is 0 Å². The van der Waals surface area contributed by atoms with E-state index in [1.165, 1.54) is 43.2 Å². The van der Waals surface area contributed by atoms with Gasteiger partial charge in [0.25, 0.3) is 0 Å². The number of hydrogen-bond donors (Lipinski definition) is 0. The van der Waals surface area contributed by atoms with Crippen molar-refractivity contribution in [3.05, 3.63) is 51.7 Å². The highest BCUT2D eigenvalue weighted by Crippen LogP contribution is 2.28. The molecule has 1 heteroatoms. The average molecular weight is 285 g/mol. The van der Waals surface area contributed by atoms with Crippen LogP contribution in [-0.4, -0.2) is 9.52 Å². The van der Waals surface area contributed by atoms with Crippen LogP contribution in [-0.2, 0) is 0 Å². The predicted molar refractivity (Wildman–Crippen MR) is 93.6 cm³/mol. The highest BCUT2D eigenvalue weighted by atomic mass is 28.2. The highest BCUT2D eigenvalue weighted by Gasteiger charge is 2.13. The number of aryl methyl sites for hydroxylation is 2. The van der Waals surface area contributed by atoms with E-state index in [9.17, 15) is 0 Å². The van der Waals surface area contributed by atoms with E-state index >= 15 is 0 Å². The molecule has 0 nitrogen and oxygen atoms in total. The second-order valence-electron chi connectivity index (χ2n) is 6.40. The lowest BCUT2D eigenvalue weighted by atomic mass is 10.1. The van der Waals surface area contributed by atoms with E-state index in [0.717, 1.165) is 0 Å².